The topological polar surface area (TPSA) is 50.8 Å². The molecule has 3 aromatic carbocycles. The van der Waals surface area contributed by atoms with E-state index in [2.05, 4.69) is 17.4 Å². The lowest BCUT2D eigenvalue weighted by Crippen LogP contribution is -2.25. The summed E-state index contributed by atoms with van der Waals surface area (Å²) in [7, 11) is 3.28. The highest BCUT2D eigenvalue weighted by molar-refractivity contribution is 7.80. The summed E-state index contributed by atoms with van der Waals surface area (Å²) in [6.07, 6.45) is 1.77. The molecular weight excluding hydrogens is 384 g/mol. The molecule has 0 spiro atoms. The van der Waals surface area contributed by atoms with E-state index < -0.39 is 0 Å². The normalized spacial score (nSPS) is 15.1. The van der Waals surface area contributed by atoms with E-state index in [-0.39, 0.29) is 5.91 Å². The first-order valence-electron chi connectivity index (χ1n) is 9.14. The lowest BCUT2D eigenvalue weighted by molar-refractivity contribution is -0.121. The minimum Gasteiger partial charge on any atom is -0.496 e. The zero-order chi connectivity index (χ0) is 20.4. The van der Waals surface area contributed by atoms with Gasteiger partial charge in [0.25, 0.3) is 5.91 Å². The van der Waals surface area contributed by atoms with Crippen molar-refractivity contribution in [2.75, 3.05) is 14.2 Å². The van der Waals surface area contributed by atoms with Gasteiger partial charge in [0.1, 0.15) is 23.8 Å². The van der Waals surface area contributed by atoms with E-state index in [1.807, 2.05) is 48.5 Å². The van der Waals surface area contributed by atoms with E-state index in [0.717, 1.165) is 28.0 Å². The van der Waals surface area contributed by atoms with Gasteiger partial charge in [-0.15, -0.1) is 0 Å². The van der Waals surface area contributed by atoms with Gasteiger partial charge in [0.15, 0.2) is 5.11 Å². The maximum atomic E-state index is 12.2. The second-order valence-electron chi connectivity index (χ2n) is 6.72. The average molecular weight is 404 g/mol. The van der Waals surface area contributed by atoms with Crippen LogP contribution >= 0.6 is 12.2 Å². The lowest BCUT2D eigenvalue weighted by atomic mass is 10.1. The van der Waals surface area contributed by atoms with E-state index >= 15 is 0 Å². The average Bonchev–Trinajstić information content (AvgIpc) is 2.98. The molecule has 0 aromatic heterocycles. The molecule has 0 atom stereocenters. The molecule has 0 saturated carbocycles. The number of amides is 1. The van der Waals surface area contributed by atoms with Crippen molar-refractivity contribution in [3.8, 4) is 11.5 Å². The molecule has 0 aliphatic carbocycles. The van der Waals surface area contributed by atoms with Gasteiger partial charge in [-0.2, -0.15) is 0 Å². The summed E-state index contributed by atoms with van der Waals surface area (Å²) in [5, 5.41) is 5.62. The van der Waals surface area contributed by atoms with Crippen LogP contribution in [0.5, 0.6) is 11.5 Å². The van der Waals surface area contributed by atoms with Crippen LogP contribution < -0.4 is 14.8 Å². The Kier molecular flexibility index (Phi) is 5.18. The summed E-state index contributed by atoms with van der Waals surface area (Å²) >= 11 is 5.12. The molecule has 1 saturated heterocycles. The number of methoxy groups -OCH3 is 1. The molecule has 0 bridgehead atoms. The molecule has 4 rings (SSSR count). The number of hydrogen-bond acceptors (Lipinski definition) is 4. The largest absolute Gasteiger partial charge is 0.496 e. The van der Waals surface area contributed by atoms with Crippen molar-refractivity contribution < 1.29 is 14.3 Å². The molecular formula is C23H20N2O3S. The fourth-order valence-corrected chi connectivity index (χ4v) is 3.40. The van der Waals surface area contributed by atoms with Gasteiger partial charge in [0.2, 0.25) is 0 Å². The van der Waals surface area contributed by atoms with Crippen molar-refractivity contribution in [2.45, 2.75) is 6.61 Å². The zero-order valence-electron chi connectivity index (χ0n) is 16.1. The minimum atomic E-state index is -0.153. The SMILES string of the molecule is COc1ccc(/C=C2/NC(=S)N(C)C2=O)cc1COc1ccc2ccccc2c1. The second-order valence-corrected chi connectivity index (χ2v) is 7.11. The van der Waals surface area contributed by atoms with Crippen molar-refractivity contribution in [1.29, 1.82) is 0 Å². The first kappa shape index (κ1) is 19.0. The number of nitrogens with one attached hydrogen (secondary N) is 1. The standard InChI is InChI=1S/C23H20N2O3S/c1-25-22(26)20(24-23(25)29)12-15-7-10-21(27-2)18(11-15)14-28-19-9-8-16-5-3-4-6-17(16)13-19/h3-13H,14H2,1-2H3,(H,24,29)/b20-12+. The van der Waals surface area contributed by atoms with Crippen molar-refractivity contribution in [2.24, 2.45) is 0 Å². The quantitative estimate of drug-likeness (QED) is 0.512. The first-order chi connectivity index (χ1) is 14.0. The molecule has 0 unspecified atom stereocenters. The molecule has 5 nitrogen and oxygen atoms in total. The Morgan fingerprint density at radius 2 is 1.86 bits per heavy atom. The Morgan fingerprint density at radius 1 is 1.07 bits per heavy atom. The third-order valence-electron chi connectivity index (χ3n) is 4.81. The maximum absolute atomic E-state index is 12.2. The van der Waals surface area contributed by atoms with Crippen LogP contribution in [0.1, 0.15) is 11.1 Å². The molecule has 29 heavy (non-hydrogen) atoms. The number of benzene rings is 3. The summed E-state index contributed by atoms with van der Waals surface area (Å²) in [5.74, 6) is 1.36. The van der Waals surface area contributed by atoms with Crippen molar-refractivity contribution in [1.82, 2.24) is 10.2 Å². The highest BCUT2D eigenvalue weighted by Crippen LogP contribution is 2.26. The van der Waals surface area contributed by atoms with Gasteiger partial charge < -0.3 is 14.8 Å². The van der Waals surface area contributed by atoms with Gasteiger partial charge >= 0.3 is 0 Å². The molecule has 1 fully saturated rings. The Balaban J connectivity index is 1.57. The van der Waals surface area contributed by atoms with E-state index in [4.69, 9.17) is 21.7 Å². The summed E-state index contributed by atoms with van der Waals surface area (Å²) in [4.78, 5) is 13.6. The van der Waals surface area contributed by atoms with Crippen LogP contribution in [0.15, 0.2) is 66.4 Å². The lowest BCUT2D eigenvalue weighted by Gasteiger charge is -2.12. The van der Waals surface area contributed by atoms with E-state index in [1.165, 1.54) is 10.3 Å². The number of ether oxygens (including phenoxy) is 2. The van der Waals surface area contributed by atoms with Gasteiger partial charge in [-0.3, -0.25) is 9.69 Å². The molecule has 1 heterocycles. The zero-order valence-corrected chi connectivity index (χ0v) is 17.0. The number of carbonyl (C=O) groups is 1. The Labute approximate surface area is 174 Å². The smallest absolute Gasteiger partial charge is 0.276 e. The molecule has 1 amide bonds. The van der Waals surface area contributed by atoms with Crippen LogP contribution in [0.3, 0.4) is 0 Å². The Bertz CT molecular complexity index is 1140. The van der Waals surface area contributed by atoms with Crippen molar-refractivity contribution in [3.63, 3.8) is 0 Å². The highest BCUT2D eigenvalue weighted by Gasteiger charge is 2.26. The van der Waals surface area contributed by atoms with Gasteiger partial charge in [-0.05, 0) is 58.9 Å². The molecule has 1 aliphatic heterocycles. The van der Waals surface area contributed by atoms with Crippen LogP contribution in [-0.2, 0) is 11.4 Å². The predicted molar refractivity (Wildman–Crippen MR) is 118 cm³/mol. The predicted octanol–water partition coefficient (Wildman–Crippen LogP) is 4.11. The number of carbonyl (C=O) groups excluding carboxylic acids is 1. The third-order valence-corrected chi connectivity index (χ3v) is 5.19. The van der Waals surface area contributed by atoms with Gasteiger partial charge in [-0.1, -0.05) is 36.4 Å². The number of fused-ring (bicyclic) bond motifs is 1. The summed E-state index contributed by atoms with van der Waals surface area (Å²) in [6.45, 7) is 0.345. The fraction of sp³-hybridized carbons (Fsp3) is 0.130. The van der Waals surface area contributed by atoms with E-state index in [0.29, 0.717) is 17.4 Å². The van der Waals surface area contributed by atoms with Crippen molar-refractivity contribution in [3.05, 3.63) is 77.5 Å². The Morgan fingerprint density at radius 3 is 2.59 bits per heavy atom. The molecule has 0 radical (unpaired) electrons. The summed E-state index contributed by atoms with van der Waals surface area (Å²) < 4.78 is 11.5. The maximum Gasteiger partial charge on any atom is 0.276 e. The van der Waals surface area contributed by atoms with Crippen molar-refractivity contribution >= 4 is 40.1 Å². The van der Waals surface area contributed by atoms with Gasteiger partial charge in [0, 0.05) is 12.6 Å². The molecule has 3 aromatic rings. The fourth-order valence-electron chi connectivity index (χ4n) is 3.21. The number of thiocarbonyl (C=S) groups is 1. The van der Waals surface area contributed by atoms with Crippen LogP contribution in [-0.4, -0.2) is 30.1 Å². The van der Waals surface area contributed by atoms with E-state index in [1.54, 1.807) is 20.2 Å². The molecule has 146 valence electrons. The number of hydrogen-bond donors (Lipinski definition) is 1. The summed E-state index contributed by atoms with van der Waals surface area (Å²) in [5.41, 5.74) is 2.19. The van der Waals surface area contributed by atoms with E-state index in [9.17, 15) is 4.79 Å². The van der Waals surface area contributed by atoms with Crippen LogP contribution in [0.2, 0.25) is 0 Å². The monoisotopic (exact) mass is 404 g/mol. The second kappa shape index (κ2) is 7.93. The van der Waals surface area contributed by atoms with Crippen LogP contribution in [0.4, 0.5) is 0 Å². The minimum absolute atomic E-state index is 0.153. The number of likely N-dealkylation sites (N-methyl/N-ethyl adjacent to an activating group) is 1. The highest BCUT2D eigenvalue weighted by atomic mass is 32.1. The molecule has 6 heteroatoms. The third kappa shape index (κ3) is 3.93. The first-order valence-corrected chi connectivity index (χ1v) is 9.55. The number of rotatable bonds is 5. The van der Waals surface area contributed by atoms with Crippen LogP contribution in [0, 0.1) is 0 Å². The summed E-state index contributed by atoms with van der Waals surface area (Å²) in [6, 6.07) is 19.9. The molecule has 1 N–H and O–H groups in total. The molecule has 1 aliphatic rings. The van der Waals surface area contributed by atoms with Gasteiger partial charge in [0.05, 0.1) is 7.11 Å². The van der Waals surface area contributed by atoms with Crippen LogP contribution in [0.25, 0.3) is 16.8 Å². The van der Waals surface area contributed by atoms with Gasteiger partial charge in [-0.25, -0.2) is 0 Å². The number of nitrogens with zero attached hydrogens (tertiary/aromatic N) is 1. The Hall–Kier alpha value is -3.38.